The van der Waals surface area contributed by atoms with Gasteiger partial charge in [-0.3, -0.25) is 9.48 Å². The van der Waals surface area contributed by atoms with Crippen molar-refractivity contribution >= 4 is 29.4 Å². The molecular formula is C17H20B3N5O3. The third-order valence-electron chi connectivity index (χ3n) is 4.68. The Labute approximate surface area is 165 Å². The Morgan fingerprint density at radius 2 is 2.14 bits per heavy atom. The first-order chi connectivity index (χ1) is 13.2. The summed E-state index contributed by atoms with van der Waals surface area (Å²) in [6.45, 7) is 2.19. The molecule has 0 fully saturated rings. The summed E-state index contributed by atoms with van der Waals surface area (Å²) in [6.07, 6.45) is 1.72. The molecule has 0 radical (unpaired) electrons. The third-order valence-corrected chi connectivity index (χ3v) is 4.68. The van der Waals surface area contributed by atoms with Gasteiger partial charge in [-0.05, 0) is 18.1 Å². The van der Waals surface area contributed by atoms with E-state index in [4.69, 9.17) is 9.26 Å². The number of nitrogens with zero attached hydrogens (tertiary/aromatic N) is 4. The Hall–Kier alpha value is -2.97. The summed E-state index contributed by atoms with van der Waals surface area (Å²) in [4.78, 5) is 17.1. The zero-order valence-corrected chi connectivity index (χ0v) is 16.6. The first-order valence-corrected chi connectivity index (χ1v) is 9.15. The molecule has 1 aromatic carbocycles. The molecule has 1 N–H and O–H groups in total. The molecule has 0 unspecified atom stereocenters. The van der Waals surface area contributed by atoms with Crippen LogP contribution in [-0.2, 0) is 12.2 Å². The lowest BCUT2D eigenvalue weighted by molar-refractivity contribution is 0.0929. The largest absolute Gasteiger partial charge is 0.491 e. The molecule has 8 nitrogen and oxygen atoms in total. The van der Waals surface area contributed by atoms with E-state index in [1.807, 2.05) is 48.7 Å². The lowest BCUT2D eigenvalue weighted by Crippen LogP contribution is -2.29. The Morgan fingerprint density at radius 1 is 1.36 bits per heavy atom. The van der Waals surface area contributed by atoms with Crippen molar-refractivity contribution in [2.75, 3.05) is 6.61 Å². The molecule has 28 heavy (non-hydrogen) atoms. The molecule has 1 atom stereocenters. The van der Waals surface area contributed by atoms with Gasteiger partial charge >= 0.3 is 0 Å². The van der Waals surface area contributed by atoms with Gasteiger partial charge in [-0.15, -0.1) is 0 Å². The molecular weight excluding hydrogens is 355 g/mol. The monoisotopic (exact) mass is 375 g/mol. The van der Waals surface area contributed by atoms with Crippen LogP contribution in [0.2, 0.25) is 0 Å². The zero-order chi connectivity index (χ0) is 20.1. The highest BCUT2D eigenvalue weighted by atomic mass is 16.5. The number of rotatable bonds is 4. The number of carbonyl (C=O) groups is 1. The summed E-state index contributed by atoms with van der Waals surface area (Å²) in [6, 6.07) is 5.52. The van der Waals surface area contributed by atoms with Crippen molar-refractivity contribution in [3.05, 3.63) is 47.1 Å². The van der Waals surface area contributed by atoms with Gasteiger partial charge in [0.15, 0.2) is 0 Å². The molecule has 0 saturated carbocycles. The van der Waals surface area contributed by atoms with Crippen LogP contribution < -0.4 is 10.1 Å². The summed E-state index contributed by atoms with van der Waals surface area (Å²) in [5.74, 6) is 1.66. The molecule has 140 valence electrons. The van der Waals surface area contributed by atoms with E-state index >= 15 is 0 Å². The summed E-state index contributed by atoms with van der Waals surface area (Å²) >= 11 is 0. The summed E-state index contributed by atoms with van der Waals surface area (Å²) in [7, 11) is 7.86. The van der Waals surface area contributed by atoms with E-state index in [0.29, 0.717) is 35.3 Å². The van der Waals surface area contributed by atoms with Crippen LogP contribution in [0.1, 0.15) is 33.5 Å². The number of ether oxygens (including phenoxy) is 1. The highest BCUT2D eigenvalue weighted by Crippen LogP contribution is 2.35. The lowest BCUT2D eigenvalue weighted by atomic mass is 9.42. The number of benzene rings is 1. The van der Waals surface area contributed by atoms with Gasteiger partial charge in [-0.25, -0.2) is 0 Å². The molecule has 2 aromatic heterocycles. The second kappa shape index (κ2) is 6.58. The molecule has 4 rings (SSSR count). The number of aromatic nitrogens is 4. The Bertz CT molecular complexity index is 1060. The fourth-order valence-electron chi connectivity index (χ4n) is 3.17. The molecule has 0 spiro atoms. The first kappa shape index (κ1) is 18.4. The van der Waals surface area contributed by atoms with Crippen LogP contribution in [0.3, 0.4) is 0 Å². The van der Waals surface area contributed by atoms with E-state index in [0.717, 1.165) is 11.1 Å². The van der Waals surface area contributed by atoms with Gasteiger partial charge in [0, 0.05) is 24.4 Å². The van der Waals surface area contributed by atoms with Crippen molar-refractivity contribution in [3.63, 3.8) is 0 Å². The van der Waals surface area contributed by atoms with Gasteiger partial charge in [0.2, 0.25) is 11.7 Å². The van der Waals surface area contributed by atoms with Crippen molar-refractivity contribution < 1.29 is 14.1 Å². The van der Waals surface area contributed by atoms with Gasteiger partial charge in [0.05, 0.1) is 17.3 Å². The molecule has 0 saturated heterocycles. The maximum absolute atomic E-state index is 12.6. The van der Waals surface area contributed by atoms with Crippen molar-refractivity contribution in [2.45, 2.75) is 18.1 Å². The van der Waals surface area contributed by atoms with Gasteiger partial charge in [0.1, 0.15) is 35.9 Å². The standard InChI is InChI=1S/C17H20B3N5O3/c1-8-11(6-25(2)23-8)15(26)21-12-7-27-13-5-9(3-4-10(12)13)14-22-16(28-24-14)17(18,19)20/h3-6,12H,7,18-20H2,1-2H3,(H,21,26)/t12-/m1/s1. The minimum Gasteiger partial charge on any atom is -0.491 e. The molecule has 1 aliphatic heterocycles. The number of amides is 1. The predicted octanol–water partition coefficient (Wildman–Crippen LogP) is -1.35. The van der Waals surface area contributed by atoms with Crippen LogP contribution in [0.5, 0.6) is 5.75 Å². The van der Waals surface area contributed by atoms with Crippen molar-refractivity contribution in [3.8, 4) is 17.1 Å². The Morgan fingerprint density at radius 3 is 2.79 bits per heavy atom. The van der Waals surface area contributed by atoms with Crippen LogP contribution in [-0.4, -0.2) is 56.0 Å². The summed E-state index contributed by atoms with van der Waals surface area (Å²) in [5, 5.41) is 11.1. The van der Waals surface area contributed by atoms with Crippen molar-refractivity contribution in [1.82, 2.24) is 25.2 Å². The van der Waals surface area contributed by atoms with E-state index in [2.05, 4.69) is 20.6 Å². The first-order valence-electron chi connectivity index (χ1n) is 9.15. The smallest absolute Gasteiger partial charge is 0.255 e. The molecule has 1 amide bonds. The molecule has 1 aliphatic rings. The number of hydrogen-bond acceptors (Lipinski definition) is 6. The van der Waals surface area contributed by atoms with Crippen LogP contribution in [0.4, 0.5) is 0 Å². The Balaban J connectivity index is 1.54. The normalized spacial score (nSPS) is 15.9. The fourth-order valence-corrected chi connectivity index (χ4v) is 3.17. The number of nitrogens with one attached hydrogen (secondary N) is 1. The molecule has 11 heteroatoms. The second-order valence-corrected chi connectivity index (χ2v) is 8.06. The maximum atomic E-state index is 12.6. The quantitative estimate of drug-likeness (QED) is 0.567. The molecule has 0 bridgehead atoms. The SMILES string of the molecule is BC(B)(B)c1nc(-c2ccc3c(c2)OC[C@H]3NC(=O)c2cn(C)nc2C)no1. The number of carbonyl (C=O) groups excluding carboxylic acids is 1. The number of hydrogen-bond donors (Lipinski definition) is 1. The lowest BCUT2D eigenvalue weighted by Gasteiger charge is -2.11. The third kappa shape index (κ3) is 3.32. The fraction of sp³-hybridized carbons (Fsp3) is 0.294. The average Bonchev–Trinajstić information content (AvgIpc) is 3.33. The van der Waals surface area contributed by atoms with Gasteiger partial charge < -0.3 is 14.6 Å². The van der Waals surface area contributed by atoms with E-state index in [1.54, 1.807) is 17.9 Å². The molecule has 3 heterocycles. The maximum Gasteiger partial charge on any atom is 0.255 e. The van der Waals surface area contributed by atoms with Gasteiger partial charge in [-0.1, -0.05) is 17.3 Å². The summed E-state index contributed by atoms with van der Waals surface area (Å²) in [5.41, 5.74) is 3.00. The highest BCUT2D eigenvalue weighted by Gasteiger charge is 2.28. The second-order valence-electron chi connectivity index (χ2n) is 8.06. The predicted molar refractivity (Wildman–Crippen MR) is 111 cm³/mol. The van der Waals surface area contributed by atoms with Crippen LogP contribution in [0.15, 0.2) is 28.9 Å². The topological polar surface area (TPSA) is 95.1 Å². The Kier molecular flexibility index (Phi) is 4.32. The average molecular weight is 375 g/mol. The van der Waals surface area contributed by atoms with Crippen LogP contribution in [0.25, 0.3) is 11.4 Å². The summed E-state index contributed by atoms with van der Waals surface area (Å²) < 4.78 is 12.8. The van der Waals surface area contributed by atoms with Crippen molar-refractivity contribution in [1.29, 1.82) is 0 Å². The van der Waals surface area contributed by atoms with E-state index < -0.39 is 0 Å². The van der Waals surface area contributed by atoms with Crippen LogP contribution in [0, 0.1) is 6.92 Å². The zero-order valence-electron chi connectivity index (χ0n) is 16.6. The van der Waals surface area contributed by atoms with E-state index in [1.165, 1.54) is 0 Å². The van der Waals surface area contributed by atoms with E-state index in [9.17, 15) is 4.79 Å². The molecule has 3 aromatic rings. The molecule has 0 aliphatic carbocycles. The number of fused-ring (bicyclic) bond motifs is 1. The van der Waals surface area contributed by atoms with Crippen molar-refractivity contribution in [2.24, 2.45) is 7.05 Å². The minimum absolute atomic E-state index is 0.163. The van der Waals surface area contributed by atoms with Gasteiger partial charge in [0.25, 0.3) is 5.91 Å². The highest BCUT2D eigenvalue weighted by molar-refractivity contribution is 6.58. The number of aryl methyl sites for hydroxylation is 2. The van der Waals surface area contributed by atoms with Gasteiger partial charge in [-0.2, -0.15) is 10.1 Å². The minimum atomic E-state index is -0.216. The van der Waals surface area contributed by atoms with E-state index in [-0.39, 0.29) is 17.1 Å². The van der Waals surface area contributed by atoms with Crippen LogP contribution >= 0.6 is 0 Å².